The molecule has 4 rings (SSSR count). The molecule has 0 fully saturated rings. The number of rotatable bonds is 4. The highest BCUT2D eigenvalue weighted by molar-refractivity contribution is 7.14. The number of imide groups is 1. The van der Waals surface area contributed by atoms with Gasteiger partial charge in [0, 0.05) is 18.0 Å². The van der Waals surface area contributed by atoms with Gasteiger partial charge in [0.05, 0.1) is 23.2 Å². The lowest BCUT2D eigenvalue weighted by Crippen LogP contribution is -2.24. The summed E-state index contributed by atoms with van der Waals surface area (Å²) in [7, 11) is 1.33. The highest BCUT2D eigenvalue weighted by atomic mass is 32.1. The van der Waals surface area contributed by atoms with Crippen LogP contribution in [0, 0.1) is 11.6 Å². The summed E-state index contributed by atoms with van der Waals surface area (Å²) in [5.74, 6) is -5.14. The first-order valence-electron chi connectivity index (χ1n) is 9.23. The zero-order valence-corrected chi connectivity index (χ0v) is 17.4. The van der Waals surface area contributed by atoms with Gasteiger partial charge in [-0.05, 0) is 23.8 Å². The molecule has 1 aliphatic rings. The molecular formula is C21H12F5N3O3S. The molecule has 2 heterocycles. The summed E-state index contributed by atoms with van der Waals surface area (Å²) >= 11 is 0.892. The molecule has 0 aliphatic carbocycles. The predicted molar refractivity (Wildman–Crippen MR) is 108 cm³/mol. The third-order valence-electron chi connectivity index (χ3n) is 4.93. The Morgan fingerprint density at radius 2 is 1.79 bits per heavy atom. The number of hydrogen-bond acceptors (Lipinski definition) is 5. The third kappa shape index (κ3) is 4.09. The number of alkyl halides is 3. The Hall–Kier alpha value is -3.67. The van der Waals surface area contributed by atoms with Crippen LogP contribution in [0.1, 0.15) is 31.8 Å². The van der Waals surface area contributed by atoms with Crippen LogP contribution in [-0.4, -0.2) is 34.7 Å². The number of halogens is 5. The van der Waals surface area contributed by atoms with E-state index in [4.69, 9.17) is 0 Å². The number of aromatic nitrogens is 1. The van der Waals surface area contributed by atoms with E-state index in [9.17, 15) is 36.3 Å². The van der Waals surface area contributed by atoms with Crippen molar-refractivity contribution < 1.29 is 36.3 Å². The van der Waals surface area contributed by atoms with Crippen LogP contribution in [0.4, 0.5) is 27.1 Å². The maximum Gasteiger partial charge on any atom is 0.422 e. The number of carbonyl (C=O) groups excluding carboxylic acids is 3. The Morgan fingerprint density at radius 3 is 2.42 bits per heavy atom. The van der Waals surface area contributed by atoms with Crippen LogP contribution in [0.5, 0.6) is 0 Å². The van der Waals surface area contributed by atoms with Crippen molar-refractivity contribution in [2.24, 2.45) is 0 Å². The molecule has 1 aromatic heterocycles. The average molecular weight is 481 g/mol. The summed E-state index contributed by atoms with van der Waals surface area (Å²) in [5, 5.41) is 3.81. The Kier molecular flexibility index (Phi) is 5.48. The van der Waals surface area contributed by atoms with E-state index in [1.165, 1.54) is 24.6 Å². The summed E-state index contributed by atoms with van der Waals surface area (Å²) in [6.07, 6.45) is -5.44. The van der Waals surface area contributed by atoms with Crippen molar-refractivity contribution in [1.29, 1.82) is 0 Å². The SMILES string of the molecule is CN1C(=O)c2cccc(CC(=O)Nc3nc(-c4cc(F)c(C(F)(F)F)c(F)c4)cs3)c2C1=O. The van der Waals surface area contributed by atoms with E-state index in [0.717, 1.165) is 16.2 Å². The Balaban J connectivity index is 1.53. The molecule has 6 nitrogen and oxygen atoms in total. The fourth-order valence-corrected chi connectivity index (χ4v) is 4.15. The summed E-state index contributed by atoms with van der Waals surface area (Å²) in [6, 6.07) is 5.58. The molecule has 12 heteroatoms. The van der Waals surface area contributed by atoms with Gasteiger partial charge in [-0.3, -0.25) is 19.3 Å². The first-order chi connectivity index (χ1) is 15.5. The minimum atomic E-state index is -5.19. The Labute approximate surface area is 186 Å². The number of carbonyl (C=O) groups is 3. The predicted octanol–water partition coefficient (Wildman–Crippen LogP) is 4.51. The maximum absolute atomic E-state index is 13.8. The largest absolute Gasteiger partial charge is 0.422 e. The number of amides is 3. The lowest BCUT2D eigenvalue weighted by molar-refractivity contribution is -0.142. The van der Waals surface area contributed by atoms with E-state index < -0.39 is 41.1 Å². The fourth-order valence-electron chi connectivity index (χ4n) is 3.41. The van der Waals surface area contributed by atoms with Gasteiger partial charge in [0.15, 0.2) is 5.13 Å². The third-order valence-corrected chi connectivity index (χ3v) is 5.68. The maximum atomic E-state index is 13.8. The van der Waals surface area contributed by atoms with E-state index in [-0.39, 0.29) is 33.9 Å². The van der Waals surface area contributed by atoms with E-state index >= 15 is 0 Å². The molecule has 0 unspecified atom stereocenters. The molecule has 0 atom stereocenters. The minimum absolute atomic E-state index is 0.0304. The second-order valence-electron chi connectivity index (χ2n) is 7.08. The quantitative estimate of drug-likeness (QED) is 0.439. The number of benzene rings is 2. The van der Waals surface area contributed by atoms with Gasteiger partial charge in [0.1, 0.15) is 17.2 Å². The van der Waals surface area contributed by atoms with Crippen LogP contribution in [-0.2, 0) is 17.4 Å². The molecule has 3 aromatic rings. The summed E-state index contributed by atoms with van der Waals surface area (Å²) in [4.78, 5) is 41.8. The van der Waals surface area contributed by atoms with Gasteiger partial charge >= 0.3 is 6.18 Å². The van der Waals surface area contributed by atoms with Crippen molar-refractivity contribution in [3.63, 3.8) is 0 Å². The summed E-state index contributed by atoms with van der Waals surface area (Å²) in [6.45, 7) is 0. The van der Waals surface area contributed by atoms with Crippen LogP contribution in [0.3, 0.4) is 0 Å². The van der Waals surface area contributed by atoms with Crippen molar-refractivity contribution in [2.45, 2.75) is 12.6 Å². The van der Waals surface area contributed by atoms with Crippen molar-refractivity contribution >= 4 is 34.2 Å². The second kappa shape index (κ2) is 8.03. The van der Waals surface area contributed by atoms with Gasteiger partial charge < -0.3 is 5.32 Å². The standard InChI is InChI=1S/C21H12F5N3O3S/c1-29-18(31)11-4-2-3-9(16(11)19(29)32)7-15(30)28-20-27-14(8-33-20)10-5-12(22)17(13(23)6-10)21(24,25)26/h2-6,8H,7H2,1H3,(H,27,28,30). The highest BCUT2D eigenvalue weighted by Gasteiger charge is 2.38. The van der Waals surface area contributed by atoms with Crippen molar-refractivity contribution in [1.82, 2.24) is 9.88 Å². The Bertz CT molecular complexity index is 1300. The first-order valence-corrected chi connectivity index (χ1v) is 10.1. The van der Waals surface area contributed by atoms with Crippen LogP contribution in [0.25, 0.3) is 11.3 Å². The van der Waals surface area contributed by atoms with E-state index in [1.807, 2.05) is 0 Å². The molecule has 2 aromatic carbocycles. The first kappa shape index (κ1) is 22.5. The smallest absolute Gasteiger partial charge is 0.302 e. The molecule has 0 bridgehead atoms. The van der Waals surface area contributed by atoms with E-state index in [0.29, 0.717) is 17.7 Å². The molecule has 0 saturated heterocycles. The molecule has 0 radical (unpaired) electrons. The van der Waals surface area contributed by atoms with Crippen molar-refractivity contribution in [3.8, 4) is 11.3 Å². The van der Waals surface area contributed by atoms with Gasteiger partial charge in [-0.25, -0.2) is 13.8 Å². The molecular weight excluding hydrogens is 469 g/mol. The lowest BCUT2D eigenvalue weighted by Gasteiger charge is -2.10. The number of thiazole rings is 1. The van der Waals surface area contributed by atoms with Crippen LogP contribution < -0.4 is 5.32 Å². The highest BCUT2D eigenvalue weighted by Crippen LogP contribution is 2.36. The molecule has 33 heavy (non-hydrogen) atoms. The zero-order valence-electron chi connectivity index (χ0n) is 16.6. The van der Waals surface area contributed by atoms with Crippen LogP contribution in [0.15, 0.2) is 35.7 Å². The van der Waals surface area contributed by atoms with E-state index in [1.54, 1.807) is 6.07 Å². The molecule has 1 N–H and O–H groups in total. The van der Waals surface area contributed by atoms with Crippen molar-refractivity contribution in [2.75, 3.05) is 12.4 Å². The van der Waals surface area contributed by atoms with Crippen LogP contribution >= 0.6 is 11.3 Å². The topological polar surface area (TPSA) is 79.4 Å². The number of anilines is 1. The van der Waals surface area contributed by atoms with Crippen molar-refractivity contribution in [3.05, 3.63) is 69.6 Å². The number of hydrogen-bond donors (Lipinski definition) is 1. The van der Waals surface area contributed by atoms with Crippen LogP contribution in [0.2, 0.25) is 0 Å². The fraction of sp³-hybridized carbons (Fsp3) is 0.143. The average Bonchev–Trinajstić information content (AvgIpc) is 3.26. The molecule has 0 spiro atoms. The van der Waals surface area contributed by atoms with Gasteiger partial charge in [0.2, 0.25) is 5.91 Å². The number of fused-ring (bicyclic) bond motifs is 1. The van der Waals surface area contributed by atoms with Gasteiger partial charge in [-0.1, -0.05) is 12.1 Å². The lowest BCUT2D eigenvalue weighted by atomic mass is 10.00. The van der Waals surface area contributed by atoms with Gasteiger partial charge in [-0.15, -0.1) is 11.3 Å². The second-order valence-corrected chi connectivity index (χ2v) is 7.94. The normalized spacial score (nSPS) is 13.5. The Morgan fingerprint density at radius 1 is 1.12 bits per heavy atom. The summed E-state index contributed by atoms with van der Waals surface area (Å²) < 4.78 is 65.9. The van der Waals surface area contributed by atoms with Gasteiger partial charge in [0.25, 0.3) is 11.8 Å². The summed E-state index contributed by atoms with van der Waals surface area (Å²) in [5.41, 5.74) is -1.61. The molecule has 170 valence electrons. The monoisotopic (exact) mass is 481 g/mol. The van der Waals surface area contributed by atoms with Gasteiger partial charge in [-0.2, -0.15) is 13.2 Å². The molecule has 0 saturated carbocycles. The molecule has 1 aliphatic heterocycles. The number of nitrogens with zero attached hydrogens (tertiary/aromatic N) is 2. The number of nitrogens with one attached hydrogen (secondary N) is 1. The minimum Gasteiger partial charge on any atom is -0.302 e. The zero-order chi connectivity index (χ0) is 24.1. The molecule has 3 amide bonds. The van der Waals surface area contributed by atoms with E-state index in [2.05, 4.69) is 10.3 Å².